The average molecular weight is 305 g/mol. The molecule has 0 spiro atoms. The van der Waals surface area contributed by atoms with Crippen molar-refractivity contribution in [1.82, 2.24) is 4.90 Å². The SMILES string of the molecule is COc1cccc(CCCN2CCCC(CCC(=O)O)C2)c1. The van der Waals surface area contributed by atoms with Gasteiger partial charge in [-0.15, -0.1) is 0 Å². The van der Waals surface area contributed by atoms with Gasteiger partial charge in [0.05, 0.1) is 7.11 Å². The first-order valence-corrected chi connectivity index (χ1v) is 8.24. The molecule has 1 N–H and O–H groups in total. The molecule has 1 unspecified atom stereocenters. The molecule has 2 rings (SSSR count). The van der Waals surface area contributed by atoms with Crippen molar-refractivity contribution >= 4 is 5.97 Å². The Morgan fingerprint density at radius 3 is 3.09 bits per heavy atom. The molecule has 0 saturated carbocycles. The van der Waals surface area contributed by atoms with Gasteiger partial charge in [-0.2, -0.15) is 0 Å². The van der Waals surface area contributed by atoms with E-state index in [4.69, 9.17) is 9.84 Å². The summed E-state index contributed by atoms with van der Waals surface area (Å²) in [4.78, 5) is 13.2. The van der Waals surface area contributed by atoms with Crippen molar-refractivity contribution in [3.05, 3.63) is 29.8 Å². The standard InChI is InChI=1S/C18H27NO3/c1-22-17-8-2-5-15(13-17)6-3-11-19-12-4-7-16(14-19)9-10-18(20)21/h2,5,8,13,16H,3-4,6-7,9-12,14H2,1H3,(H,20,21). The molecule has 1 aromatic carbocycles. The number of hydrogen-bond donors (Lipinski definition) is 1. The molecule has 1 fully saturated rings. The first-order chi connectivity index (χ1) is 10.7. The summed E-state index contributed by atoms with van der Waals surface area (Å²) in [6.07, 6.45) is 5.71. The molecule has 1 saturated heterocycles. The minimum atomic E-state index is -0.671. The first kappa shape index (κ1) is 16.8. The lowest BCUT2D eigenvalue weighted by Gasteiger charge is -2.32. The van der Waals surface area contributed by atoms with E-state index < -0.39 is 5.97 Å². The maximum atomic E-state index is 10.7. The van der Waals surface area contributed by atoms with Gasteiger partial charge in [0.2, 0.25) is 0 Å². The lowest BCUT2D eigenvalue weighted by molar-refractivity contribution is -0.137. The summed E-state index contributed by atoms with van der Waals surface area (Å²) >= 11 is 0. The molecular formula is C18H27NO3. The molecule has 0 bridgehead atoms. The molecule has 1 aliphatic heterocycles. The number of carboxylic acids is 1. The van der Waals surface area contributed by atoms with E-state index in [0.29, 0.717) is 12.3 Å². The largest absolute Gasteiger partial charge is 0.497 e. The topological polar surface area (TPSA) is 49.8 Å². The van der Waals surface area contributed by atoms with E-state index in [2.05, 4.69) is 17.0 Å². The molecule has 0 amide bonds. The fourth-order valence-electron chi connectivity index (χ4n) is 3.25. The van der Waals surface area contributed by atoms with E-state index in [9.17, 15) is 4.79 Å². The highest BCUT2D eigenvalue weighted by molar-refractivity contribution is 5.66. The van der Waals surface area contributed by atoms with Crippen LogP contribution in [0.5, 0.6) is 5.75 Å². The van der Waals surface area contributed by atoms with Crippen molar-refractivity contribution in [2.75, 3.05) is 26.7 Å². The Hall–Kier alpha value is -1.55. The molecule has 1 aliphatic rings. The third-order valence-electron chi connectivity index (χ3n) is 4.44. The second-order valence-corrected chi connectivity index (χ2v) is 6.20. The summed E-state index contributed by atoms with van der Waals surface area (Å²) in [6, 6.07) is 8.26. The molecule has 4 heteroatoms. The molecule has 0 radical (unpaired) electrons. The Morgan fingerprint density at radius 2 is 2.32 bits per heavy atom. The van der Waals surface area contributed by atoms with Gasteiger partial charge in [-0.05, 0) is 68.8 Å². The van der Waals surface area contributed by atoms with Crippen LogP contribution in [0.25, 0.3) is 0 Å². The van der Waals surface area contributed by atoms with E-state index in [1.54, 1.807) is 7.11 Å². The van der Waals surface area contributed by atoms with Crippen LogP contribution in [0.15, 0.2) is 24.3 Å². The van der Waals surface area contributed by atoms with E-state index in [1.165, 1.54) is 18.4 Å². The number of likely N-dealkylation sites (tertiary alicyclic amines) is 1. The number of aliphatic carboxylic acids is 1. The molecule has 1 aromatic rings. The number of carboxylic acid groups (broad SMARTS) is 1. The van der Waals surface area contributed by atoms with E-state index in [-0.39, 0.29) is 0 Å². The van der Waals surface area contributed by atoms with Crippen molar-refractivity contribution in [1.29, 1.82) is 0 Å². The van der Waals surface area contributed by atoms with Crippen molar-refractivity contribution in [2.24, 2.45) is 5.92 Å². The van der Waals surface area contributed by atoms with Gasteiger partial charge < -0.3 is 14.7 Å². The lowest BCUT2D eigenvalue weighted by atomic mass is 9.93. The Balaban J connectivity index is 1.70. The minimum Gasteiger partial charge on any atom is -0.497 e. The number of benzene rings is 1. The molecule has 1 atom stereocenters. The second-order valence-electron chi connectivity index (χ2n) is 6.20. The van der Waals surface area contributed by atoms with Gasteiger partial charge in [-0.3, -0.25) is 4.79 Å². The minimum absolute atomic E-state index is 0.308. The van der Waals surface area contributed by atoms with E-state index in [0.717, 1.165) is 44.6 Å². The fraction of sp³-hybridized carbons (Fsp3) is 0.611. The van der Waals surface area contributed by atoms with Crippen LogP contribution in [0.4, 0.5) is 0 Å². The van der Waals surface area contributed by atoms with Crippen LogP contribution >= 0.6 is 0 Å². The van der Waals surface area contributed by atoms with Crippen LogP contribution in [-0.2, 0) is 11.2 Å². The van der Waals surface area contributed by atoms with Crippen LogP contribution < -0.4 is 4.74 Å². The fourth-order valence-corrected chi connectivity index (χ4v) is 3.25. The normalized spacial score (nSPS) is 19.0. The molecular weight excluding hydrogens is 278 g/mol. The molecule has 22 heavy (non-hydrogen) atoms. The van der Waals surface area contributed by atoms with Gasteiger partial charge in [0, 0.05) is 13.0 Å². The Bertz CT molecular complexity index is 475. The summed E-state index contributed by atoms with van der Waals surface area (Å²) in [7, 11) is 1.70. The van der Waals surface area contributed by atoms with Gasteiger partial charge in [0.25, 0.3) is 0 Å². The molecule has 0 aliphatic carbocycles. The number of methoxy groups -OCH3 is 1. The zero-order valence-electron chi connectivity index (χ0n) is 13.5. The number of carbonyl (C=O) groups is 1. The number of ether oxygens (including phenoxy) is 1. The molecule has 122 valence electrons. The second kappa shape index (κ2) is 8.79. The summed E-state index contributed by atoms with van der Waals surface area (Å²) < 4.78 is 5.25. The highest BCUT2D eigenvalue weighted by Gasteiger charge is 2.20. The molecule has 4 nitrogen and oxygen atoms in total. The quantitative estimate of drug-likeness (QED) is 0.801. The number of aryl methyl sites for hydroxylation is 1. The Morgan fingerprint density at radius 1 is 1.45 bits per heavy atom. The smallest absolute Gasteiger partial charge is 0.303 e. The number of piperidine rings is 1. The van der Waals surface area contributed by atoms with Crippen LogP contribution in [0.2, 0.25) is 0 Å². The maximum absolute atomic E-state index is 10.7. The summed E-state index contributed by atoms with van der Waals surface area (Å²) in [5.41, 5.74) is 1.32. The van der Waals surface area contributed by atoms with Gasteiger partial charge in [-0.1, -0.05) is 12.1 Å². The maximum Gasteiger partial charge on any atom is 0.303 e. The average Bonchev–Trinajstić information content (AvgIpc) is 2.53. The van der Waals surface area contributed by atoms with E-state index >= 15 is 0 Å². The third kappa shape index (κ3) is 5.68. The van der Waals surface area contributed by atoms with Crippen molar-refractivity contribution < 1.29 is 14.6 Å². The summed E-state index contributed by atoms with van der Waals surface area (Å²) in [5, 5.41) is 8.80. The van der Waals surface area contributed by atoms with Gasteiger partial charge >= 0.3 is 5.97 Å². The highest BCUT2D eigenvalue weighted by atomic mass is 16.5. The molecule has 0 aromatic heterocycles. The Labute approximate surface area is 133 Å². The first-order valence-electron chi connectivity index (χ1n) is 8.24. The number of rotatable bonds is 8. The van der Waals surface area contributed by atoms with Crippen molar-refractivity contribution in [3.8, 4) is 5.75 Å². The summed E-state index contributed by atoms with van der Waals surface area (Å²) in [6.45, 7) is 3.31. The number of nitrogens with zero attached hydrogens (tertiary/aromatic N) is 1. The summed E-state index contributed by atoms with van der Waals surface area (Å²) in [5.74, 6) is 0.807. The number of hydrogen-bond acceptors (Lipinski definition) is 3. The van der Waals surface area contributed by atoms with Gasteiger partial charge in [0.1, 0.15) is 5.75 Å². The van der Waals surface area contributed by atoms with Crippen LogP contribution in [-0.4, -0.2) is 42.7 Å². The van der Waals surface area contributed by atoms with Crippen molar-refractivity contribution in [2.45, 2.75) is 38.5 Å². The van der Waals surface area contributed by atoms with Crippen LogP contribution in [0, 0.1) is 5.92 Å². The Kier molecular flexibility index (Phi) is 6.72. The predicted molar refractivity (Wildman–Crippen MR) is 87.3 cm³/mol. The zero-order valence-corrected chi connectivity index (χ0v) is 13.5. The van der Waals surface area contributed by atoms with Crippen molar-refractivity contribution in [3.63, 3.8) is 0 Å². The predicted octanol–water partition coefficient (Wildman–Crippen LogP) is 3.20. The van der Waals surface area contributed by atoms with Crippen LogP contribution in [0.3, 0.4) is 0 Å². The highest BCUT2D eigenvalue weighted by Crippen LogP contribution is 2.21. The van der Waals surface area contributed by atoms with E-state index in [1.807, 2.05) is 12.1 Å². The van der Waals surface area contributed by atoms with Crippen LogP contribution in [0.1, 0.15) is 37.7 Å². The zero-order chi connectivity index (χ0) is 15.8. The third-order valence-corrected chi connectivity index (χ3v) is 4.44. The molecule has 1 heterocycles. The monoisotopic (exact) mass is 305 g/mol. The van der Waals surface area contributed by atoms with Gasteiger partial charge in [-0.25, -0.2) is 0 Å². The van der Waals surface area contributed by atoms with Gasteiger partial charge in [0.15, 0.2) is 0 Å². The lowest BCUT2D eigenvalue weighted by Crippen LogP contribution is -2.36.